The lowest BCUT2D eigenvalue weighted by atomic mass is 10.3. The van der Waals surface area contributed by atoms with Gasteiger partial charge in [-0.1, -0.05) is 19.3 Å². The predicted molar refractivity (Wildman–Crippen MR) is 56.5 cm³/mol. The highest BCUT2D eigenvalue weighted by molar-refractivity contribution is 6.55. The van der Waals surface area contributed by atoms with Gasteiger partial charge in [0, 0.05) is 0 Å². The molecule has 0 aromatic heterocycles. The van der Waals surface area contributed by atoms with Crippen LogP contribution in [0, 0.1) is 0 Å². The summed E-state index contributed by atoms with van der Waals surface area (Å²) in [6.45, 7) is 0. The zero-order chi connectivity index (χ0) is 11.3. The summed E-state index contributed by atoms with van der Waals surface area (Å²) in [6, 6.07) is 2.81. The van der Waals surface area contributed by atoms with Gasteiger partial charge in [-0.3, -0.25) is 4.79 Å². The van der Waals surface area contributed by atoms with E-state index in [1.165, 1.54) is 31.4 Å². The Bertz CT molecular complexity index is 240. The maximum Gasteiger partial charge on any atom is 0.343 e. The molecule has 2 heterocycles. The van der Waals surface area contributed by atoms with Crippen molar-refractivity contribution in [2.24, 2.45) is 5.40 Å². The topological polar surface area (TPSA) is 89.6 Å². The van der Waals surface area contributed by atoms with Gasteiger partial charge in [-0.05, 0) is 12.1 Å². The Morgan fingerprint density at radius 2 is 1.87 bits per heavy atom. The Hall–Kier alpha value is -0.723. The first-order valence-electron chi connectivity index (χ1n) is 5.28. The molecule has 0 radical (unpaired) electrons. The van der Waals surface area contributed by atoms with E-state index < -0.39 is 27.0 Å². The Kier molecular flexibility index (Phi) is 4.93. The van der Waals surface area contributed by atoms with E-state index >= 15 is 0 Å². The maximum atomic E-state index is 10.1. The van der Waals surface area contributed by atoms with Crippen LogP contribution in [0.4, 0.5) is 0 Å². The second kappa shape index (κ2) is 5.99. The fourth-order valence-corrected chi connectivity index (χ4v) is 3.51. The number of carbonyl (C=O) groups excluding carboxylic acids is 2. The standard InChI is InChI=1S/C5H13NSi.C4H4O4/c6-7-4-2-1-3-5-7;5-2-1-3(6)8-4(2)7/h7H,1-6H2;2,5H,1H2. The summed E-state index contributed by atoms with van der Waals surface area (Å²) in [4.78, 5) is 20.2. The van der Waals surface area contributed by atoms with Crippen LogP contribution in [0.5, 0.6) is 0 Å². The fraction of sp³-hybridized carbons (Fsp3) is 0.778. The van der Waals surface area contributed by atoms with Gasteiger partial charge in [0.05, 0.1) is 6.42 Å². The summed E-state index contributed by atoms with van der Waals surface area (Å²) in [5.41, 5.74) is 0. The van der Waals surface area contributed by atoms with Crippen LogP contribution in [0.15, 0.2) is 0 Å². The Balaban J connectivity index is 0.000000151. The van der Waals surface area contributed by atoms with Crippen molar-refractivity contribution in [2.45, 2.75) is 43.9 Å². The Labute approximate surface area is 90.3 Å². The van der Waals surface area contributed by atoms with Gasteiger partial charge in [-0.2, -0.15) is 0 Å². The van der Waals surface area contributed by atoms with Gasteiger partial charge in [-0.25, -0.2) is 4.79 Å². The number of aliphatic hydroxyl groups excluding tert-OH is 1. The normalized spacial score (nSPS) is 26.9. The lowest BCUT2D eigenvalue weighted by Gasteiger charge is -2.13. The molecule has 2 aliphatic heterocycles. The number of nitrogens with two attached hydrogens (primary N) is 1. The van der Waals surface area contributed by atoms with Crippen molar-refractivity contribution < 1.29 is 19.4 Å². The highest BCUT2D eigenvalue weighted by Crippen LogP contribution is 2.14. The van der Waals surface area contributed by atoms with Crippen LogP contribution in [0.1, 0.15) is 25.7 Å². The minimum Gasteiger partial charge on any atom is -0.391 e. The first-order valence-corrected chi connectivity index (χ1v) is 7.57. The quantitative estimate of drug-likeness (QED) is 0.338. The molecule has 1 atom stereocenters. The van der Waals surface area contributed by atoms with Gasteiger partial charge in [0.25, 0.3) is 0 Å². The molecule has 0 aromatic carbocycles. The molecule has 2 aliphatic rings. The van der Waals surface area contributed by atoms with E-state index in [1.54, 1.807) is 0 Å². The summed E-state index contributed by atoms with van der Waals surface area (Å²) in [6.07, 6.45) is 2.88. The molecule has 15 heavy (non-hydrogen) atoms. The Morgan fingerprint density at radius 1 is 1.27 bits per heavy atom. The summed E-state index contributed by atoms with van der Waals surface area (Å²) in [5.74, 6) is -1.49. The highest BCUT2D eigenvalue weighted by atomic mass is 28.3. The van der Waals surface area contributed by atoms with Gasteiger partial charge in [0.2, 0.25) is 0 Å². The minimum atomic E-state index is -1.22. The van der Waals surface area contributed by atoms with E-state index in [2.05, 4.69) is 4.74 Å². The van der Waals surface area contributed by atoms with Crippen molar-refractivity contribution >= 4 is 20.9 Å². The number of hydrogen-bond donors (Lipinski definition) is 2. The molecule has 0 aliphatic carbocycles. The summed E-state index contributed by atoms with van der Waals surface area (Å²) >= 11 is 0. The lowest BCUT2D eigenvalue weighted by molar-refractivity contribution is -0.154. The fourth-order valence-electron chi connectivity index (χ4n) is 1.60. The Morgan fingerprint density at radius 3 is 2.07 bits per heavy atom. The predicted octanol–water partition coefficient (Wildman–Crippen LogP) is -0.326. The van der Waals surface area contributed by atoms with Crippen LogP contribution in [0.3, 0.4) is 0 Å². The average molecular weight is 231 g/mol. The molecule has 0 bridgehead atoms. The van der Waals surface area contributed by atoms with Crippen molar-refractivity contribution in [1.29, 1.82) is 0 Å². The smallest absolute Gasteiger partial charge is 0.343 e. The lowest BCUT2D eigenvalue weighted by Crippen LogP contribution is -2.26. The number of rotatable bonds is 0. The van der Waals surface area contributed by atoms with Gasteiger partial charge in [0.15, 0.2) is 6.10 Å². The largest absolute Gasteiger partial charge is 0.391 e. The molecule has 0 saturated carbocycles. The number of aliphatic hydroxyl groups is 1. The number of hydrogen-bond acceptors (Lipinski definition) is 5. The van der Waals surface area contributed by atoms with E-state index in [-0.39, 0.29) is 6.42 Å². The van der Waals surface area contributed by atoms with Crippen molar-refractivity contribution in [3.63, 3.8) is 0 Å². The summed E-state index contributed by atoms with van der Waals surface area (Å²) in [5, 5.41) is 14.2. The molecule has 2 fully saturated rings. The third-order valence-electron chi connectivity index (χ3n) is 2.50. The van der Waals surface area contributed by atoms with Crippen LogP contribution in [-0.4, -0.2) is 32.1 Å². The SMILES string of the molecule is N[SiH]1CCCCC1.O=C1CC(O)C(=O)O1. The maximum absolute atomic E-state index is 10.1. The number of cyclic esters (lactones) is 2. The molecule has 3 N–H and O–H groups in total. The zero-order valence-electron chi connectivity index (χ0n) is 8.65. The number of carbonyl (C=O) groups is 2. The molecule has 1 unspecified atom stereocenters. The molecular formula is C9H17NO4Si. The van der Waals surface area contributed by atoms with Crippen molar-refractivity contribution in [3.8, 4) is 0 Å². The van der Waals surface area contributed by atoms with Gasteiger partial charge in [-0.15, -0.1) is 0 Å². The third kappa shape index (κ3) is 4.54. The van der Waals surface area contributed by atoms with E-state index in [0.29, 0.717) is 0 Å². The van der Waals surface area contributed by atoms with Gasteiger partial charge >= 0.3 is 11.9 Å². The molecule has 5 nitrogen and oxygen atoms in total. The third-order valence-corrected chi connectivity index (χ3v) is 4.80. The highest BCUT2D eigenvalue weighted by Gasteiger charge is 2.30. The minimum absolute atomic E-state index is 0.196. The molecule has 86 valence electrons. The van der Waals surface area contributed by atoms with E-state index in [4.69, 9.17) is 10.5 Å². The van der Waals surface area contributed by atoms with Gasteiger partial charge in [0.1, 0.15) is 8.96 Å². The second-order valence-corrected chi connectivity index (χ2v) is 6.59. The second-order valence-electron chi connectivity index (χ2n) is 3.91. The molecule has 0 amide bonds. The summed E-state index contributed by atoms with van der Waals surface area (Å²) < 4.78 is 3.95. The average Bonchev–Trinajstić information content (AvgIpc) is 2.46. The van der Waals surface area contributed by atoms with E-state index in [9.17, 15) is 9.59 Å². The first-order chi connectivity index (χ1) is 7.09. The number of esters is 2. The van der Waals surface area contributed by atoms with Crippen LogP contribution in [0.2, 0.25) is 12.1 Å². The summed E-state index contributed by atoms with van der Waals surface area (Å²) in [7, 11) is -0.595. The molecule has 2 saturated heterocycles. The number of ether oxygens (including phenoxy) is 1. The van der Waals surface area contributed by atoms with E-state index in [0.717, 1.165) is 0 Å². The van der Waals surface area contributed by atoms with Crippen molar-refractivity contribution in [1.82, 2.24) is 0 Å². The van der Waals surface area contributed by atoms with Crippen molar-refractivity contribution in [3.05, 3.63) is 0 Å². The molecule has 0 spiro atoms. The molecular weight excluding hydrogens is 214 g/mol. The molecule has 2 rings (SSSR count). The zero-order valence-corrected chi connectivity index (χ0v) is 9.80. The van der Waals surface area contributed by atoms with Crippen LogP contribution < -0.4 is 5.40 Å². The molecule has 6 heteroatoms. The van der Waals surface area contributed by atoms with Crippen molar-refractivity contribution in [2.75, 3.05) is 0 Å². The van der Waals surface area contributed by atoms with Crippen LogP contribution >= 0.6 is 0 Å². The monoisotopic (exact) mass is 231 g/mol. The first kappa shape index (κ1) is 12.3. The van der Waals surface area contributed by atoms with Crippen LogP contribution in [-0.2, 0) is 14.3 Å². The van der Waals surface area contributed by atoms with Crippen LogP contribution in [0.25, 0.3) is 0 Å². The van der Waals surface area contributed by atoms with E-state index in [1.807, 2.05) is 0 Å². The van der Waals surface area contributed by atoms with Gasteiger partial charge < -0.3 is 15.2 Å². The molecule has 0 aromatic rings.